The van der Waals surface area contributed by atoms with Crippen LogP contribution in [0.3, 0.4) is 0 Å². The molecule has 6 heteroatoms. The first-order valence-electron chi connectivity index (χ1n) is 10.2. The fourth-order valence-electron chi connectivity index (χ4n) is 3.14. The zero-order valence-electron chi connectivity index (χ0n) is 17.9. The van der Waals surface area contributed by atoms with Gasteiger partial charge in [0.1, 0.15) is 11.5 Å². The molecule has 0 unspecified atom stereocenters. The molecule has 2 heterocycles. The Morgan fingerprint density at radius 3 is 2.69 bits per heavy atom. The van der Waals surface area contributed by atoms with Crippen LogP contribution in [0.1, 0.15) is 69.3 Å². The van der Waals surface area contributed by atoms with Crippen molar-refractivity contribution in [1.29, 1.82) is 0 Å². The van der Waals surface area contributed by atoms with Gasteiger partial charge >= 0.3 is 0 Å². The van der Waals surface area contributed by atoms with Gasteiger partial charge in [-0.1, -0.05) is 33.8 Å². The maximum Gasteiger partial charge on any atom is 0.287 e. The molecule has 1 aliphatic rings. The lowest BCUT2D eigenvalue weighted by Gasteiger charge is -2.31. The summed E-state index contributed by atoms with van der Waals surface area (Å²) in [5.41, 5.74) is 1.88. The van der Waals surface area contributed by atoms with E-state index in [0.717, 1.165) is 24.1 Å². The average Bonchev–Trinajstić information content (AvgIpc) is 3.18. The Balaban J connectivity index is 1.84. The lowest BCUT2D eigenvalue weighted by atomic mass is 9.82. The molecule has 0 saturated carbocycles. The van der Waals surface area contributed by atoms with Crippen molar-refractivity contribution in [3.8, 4) is 5.75 Å². The van der Waals surface area contributed by atoms with Crippen molar-refractivity contribution >= 4 is 17.5 Å². The zero-order valence-corrected chi connectivity index (χ0v) is 17.9. The third kappa shape index (κ3) is 4.47. The van der Waals surface area contributed by atoms with Gasteiger partial charge in [0.25, 0.3) is 11.8 Å². The number of fused-ring (bicyclic) bond motifs is 1. The Hall–Kier alpha value is -2.76. The summed E-state index contributed by atoms with van der Waals surface area (Å²) < 4.78 is 11.3. The van der Waals surface area contributed by atoms with E-state index in [1.807, 2.05) is 26.0 Å². The summed E-state index contributed by atoms with van der Waals surface area (Å²) >= 11 is 0. The van der Waals surface area contributed by atoms with Crippen LogP contribution in [-0.4, -0.2) is 24.5 Å². The standard InChI is InChI=1S/C23H30N2O4/c1-6-15(3)24-22(27)20-11-9-17(29-20)13-25-18-12-16(23(4,5)7-2)8-10-19(18)28-14-21(25)26/h8-12,15H,6-7,13-14H2,1-5H3,(H,24,27)/t15-/m1/s1. The molecular weight excluding hydrogens is 368 g/mol. The molecule has 6 nitrogen and oxygen atoms in total. The number of furan rings is 1. The SMILES string of the molecule is CC[C@@H](C)NC(=O)c1ccc(CN2C(=O)COc3ccc(C(C)(C)CC)cc32)o1. The van der Waals surface area contributed by atoms with Gasteiger partial charge in [-0.15, -0.1) is 0 Å². The molecule has 0 spiro atoms. The van der Waals surface area contributed by atoms with Crippen LogP contribution in [0.4, 0.5) is 5.69 Å². The van der Waals surface area contributed by atoms with Crippen LogP contribution in [0, 0.1) is 0 Å². The van der Waals surface area contributed by atoms with E-state index in [1.165, 1.54) is 0 Å². The van der Waals surface area contributed by atoms with Gasteiger partial charge in [-0.2, -0.15) is 0 Å². The van der Waals surface area contributed by atoms with Crippen LogP contribution in [-0.2, 0) is 16.8 Å². The van der Waals surface area contributed by atoms with E-state index in [4.69, 9.17) is 9.15 Å². The average molecular weight is 399 g/mol. The predicted molar refractivity (Wildman–Crippen MR) is 112 cm³/mol. The summed E-state index contributed by atoms with van der Waals surface area (Å²) in [6, 6.07) is 9.47. The van der Waals surface area contributed by atoms with E-state index in [-0.39, 0.29) is 42.2 Å². The van der Waals surface area contributed by atoms with Crippen molar-refractivity contribution in [3.05, 3.63) is 47.4 Å². The van der Waals surface area contributed by atoms with E-state index in [2.05, 4.69) is 32.2 Å². The molecule has 1 aromatic carbocycles. The maximum absolute atomic E-state index is 12.6. The minimum Gasteiger partial charge on any atom is -0.482 e. The van der Waals surface area contributed by atoms with Gasteiger partial charge in [0, 0.05) is 6.04 Å². The Labute approximate surface area is 172 Å². The largest absolute Gasteiger partial charge is 0.482 e. The topological polar surface area (TPSA) is 71.8 Å². The maximum atomic E-state index is 12.6. The normalized spacial score (nSPS) is 14.9. The van der Waals surface area contributed by atoms with Crippen LogP contribution in [0.25, 0.3) is 0 Å². The molecule has 0 radical (unpaired) electrons. The van der Waals surface area contributed by atoms with E-state index in [9.17, 15) is 9.59 Å². The van der Waals surface area contributed by atoms with Gasteiger partial charge in [0.15, 0.2) is 12.4 Å². The molecular formula is C23H30N2O4. The van der Waals surface area contributed by atoms with Crippen LogP contribution >= 0.6 is 0 Å². The van der Waals surface area contributed by atoms with E-state index < -0.39 is 0 Å². The molecule has 1 aromatic heterocycles. The third-order valence-corrected chi connectivity index (χ3v) is 5.76. The quantitative estimate of drug-likeness (QED) is 0.749. The number of rotatable bonds is 7. The Kier molecular flexibility index (Phi) is 6.01. The monoisotopic (exact) mass is 398 g/mol. The van der Waals surface area contributed by atoms with Gasteiger partial charge in [-0.05, 0) is 55.0 Å². The van der Waals surface area contributed by atoms with Crippen LogP contribution in [0.5, 0.6) is 5.75 Å². The fourth-order valence-corrected chi connectivity index (χ4v) is 3.14. The lowest BCUT2D eigenvalue weighted by molar-refractivity contribution is -0.121. The van der Waals surface area contributed by atoms with Crippen molar-refractivity contribution in [2.24, 2.45) is 0 Å². The van der Waals surface area contributed by atoms with Gasteiger partial charge in [0.05, 0.1) is 12.2 Å². The zero-order chi connectivity index (χ0) is 21.2. The van der Waals surface area contributed by atoms with Gasteiger partial charge < -0.3 is 14.5 Å². The number of carbonyl (C=O) groups excluding carboxylic acids is 2. The summed E-state index contributed by atoms with van der Waals surface area (Å²) in [6.45, 7) is 10.7. The molecule has 156 valence electrons. The van der Waals surface area contributed by atoms with Crippen molar-refractivity contribution < 1.29 is 18.7 Å². The fraction of sp³-hybridized carbons (Fsp3) is 0.478. The van der Waals surface area contributed by atoms with Gasteiger partial charge in [-0.25, -0.2) is 0 Å². The molecule has 0 aliphatic carbocycles. The highest BCUT2D eigenvalue weighted by Gasteiger charge is 2.29. The van der Waals surface area contributed by atoms with Gasteiger partial charge in [0.2, 0.25) is 0 Å². The molecule has 2 aromatic rings. The first-order chi connectivity index (χ1) is 13.7. The molecule has 1 aliphatic heterocycles. The van der Waals surface area contributed by atoms with Crippen molar-refractivity contribution in [2.75, 3.05) is 11.5 Å². The summed E-state index contributed by atoms with van der Waals surface area (Å²) in [7, 11) is 0. The second-order valence-corrected chi connectivity index (χ2v) is 8.24. The van der Waals surface area contributed by atoms with E-state index in [0.29, 0.717) is 11.5 Å². The molecule has 0 saturated heterocycles. The molecule has 3 rings (SSSR count). The molecule has 2 amide bonds. The third-order valence-electron chi connectivity index (χ3n) is 5.76. The van der Waals surface area contributed by atoms with E-state index >= 15 is 0 Å². The lowest BCUT2D eigenvalue weighted by Crippen LogP contribution is -2.38. The molecule has 0 bridgehead atoms. The van der Waals surface area contributed by atoms with Crippen LogP contribution < -0.4 is 15.0 Å². The van der Waals surface area contributed by atoms with E-state index in [1.54, 1.807) is 17.0 Å². The number of nitrogens with one attached hydrogen (secondary N) is 1. The predicted octanol–water partition coefficient (Wildman–Crippen LogP) is 4.42. The number of amides is 2. The minimum atomic E-state index is -0.244. The highest BCUT2D eigenvalue weighted by Crippen LogP contribution is 2.38. The number of hydrogen-bond acceptors (Lipinski definition) is 4. The Morgan fingerprint density at radius 2 is 2.00 bits per heavy atom. The highest BCUT2D eigenvalue weighted by molar-refractivity contribution is 5.98. The number of carbonyl (C=O) groups is 2. The second-order valence-electron chi connectivity index (χ2n) is 8.24. The number of ether oxygens (including phenoxy) is 1. The number of nitrogens with zero attached hydrogens (tertiary/aromatic N) is 1. The summed E-state index contributed by atoms with van der Waals surface area (Å²) in [6.07, 6.45) is 1.82. The minimum absolute atomic E-state index is 0.00684. The van der Waals surface area contributed by atoms with Gasteiger partial charge in [-0.3, -0.25) is 14.5 Å². The van der Waals surface area contributed by atoms with Crippen molar-refractivity contribution in [3.63, 3.8) is 0 Å². The summed E-state index contributed by atoms with van der Waals surface area (Å²) in [5, 5.41) is 2.88. The molecule has 1 atom stereocenters. The van der Waals surface area contributed by atoms with Crippen LogP contribution in [0.15, 0.2) is 34.7 Å². The second kappa shape index (κ2) is 8.31. The smallest absolute Gasteiger partial charge is 0.287 e. The number of hydrogen-bond donors (Lipinski definition) is 1. The molecule has 0 fully saturated rings. The van der Waals surface area contributed by atoms with Crippen molar-refractivity contribution in [1.82, 2.24) is 5.32 Å². The number of benzene rings is 1. The first-order valence-corrected chi connectivity index (χ1v) is 10.2. The summed E-state index contributed by atoms with van der Waals surface area (Å²) in [5.74, 6) is 1.11. The summed E-state index contributed by atoms with van der Waals surface area (Å²) in [4.78, 5) is 26.5. The molecule has 29 heavy (non-hydrogen) atoms. The van der Waals surface area contributed by atoms with Crippen molar-refractivity contribution in [2.45, 2.75) is 65.5 Å². The number of anilines is 1. The first kappa shape index (κ1) is 21.0. The molecule has 1 N–H and O–H groups in total. The Morgan fingerprint density at radius 1 is 1.24 bits per heavy atom. The Bertz CT molecular complexity index is 900. The highest BCUT2D eigenvalue weighted by atomic mass is 16.5. The van der Waals surface area contributed by atoms with Crippen LogP contribution in [0.2, 0.25) is 0 Å².